The minimum absolute atomic E-state index is 0.102. The third kappa shape index (κ3) is 12.4. The normalized spacial score (nSPS) is 15.5. The molecule has 0 spiro atoms. The van der Waals surface area contributed by atoms with Gasteiger partial charge in [0.1, 0.15) is 24.2 Å². The van der Waals surface area contributed by atoms with Gasteiger partial charge in [0.05, 0.1) is 6.54 Å². The van der Waals surface area contributed by atoms with Crippen LogP contribution in [0.1, 0.15) is 53.4 Å². The molecule has 0 aromatic rings. The molecule has 0 saturated carbocycles. The van der Waals surface area contributed by atoms with Crippen molar-refractivity contribution in [3.63, 3.8) is 0 Å². The van der Waals surface area contributed by atoms with Gasteiger partial charge in [0, 0.05) is 12.3 Å². The van der Waals surface area contributed by atoms with Gasteiger partial charge in [-0.1, -0.05) is 40.5 Å². The molecule has 0 bridgehead atoms. The Labute approximate surface area is 229 Å². The minimum atomic E-state index is -1.25. The SMILES string of the molecule is CC[C@H](C)[C@H](NC(=O)[C@H](CCCN=C(N)N)NC(=O)CN)C(=O)N[C@H](C(=O)N[C@@H](CS)C(=O)O)[C@@H](C)CC. The molecule has 6 atom stereocenters. The van der Waals surface area contributed by atoms with E-state index in [0.29, 0.717) is 19.3 Å². The Balaban J connectivity index is 5.78. The van der Waals surface area contributed by atoms with Crippen LogP contribution in [0, 0.1) is 11.8 Å². The number of thiol groups is 1. The summed E-state index contributed by atoms with van der Waals surface area (Å²) in [5.41, 5.74) is 16.0. The lowest BCUT2D eigenvalue weighted by molar-refractivity contribution is -0.142. The van der Waals surface area contributed by atoms with Gasteiger partial charge in [0.25, 0.3) is 0 Å². The molecule has 0 aliphatic carbocycles. The van der Waals surface area contributed by atoms with Crippen LogP contribution in [0.25, 0.3) is 0 Å². The first-order valence-electron chi connectivity index (χ1n) is 12.6. The summed E-state index contributed by atoms with van der Waals surface area (Å²) in [5, 5.41) is 19.5. The van der Waals surface area contributed by atoms with E-state index in [4.69, 9.17) is 17.2 Å². The minimum Gasteiger partial charge on any atom is -0.480 e. The summed E-state index contributed by atoms with van der Waals surface area (Å²) < 4.78 is 0. The van der Waals surface area contributed by atoms with Crippen molar-refractivity contribution in [1.82, 2.24) is 21.3 Å². The molecule has 15 heteroatoms. The third-order valence-corrected chi connectivity index (χ3v) is 6.53. The van der Waals surface area contributed by atoms with Crippen LogP contribution < -0.4 is 38.5 Å². The van der Waals surface area contributed by atoms with Gasteiger partial charge in [0.2, 0.25) is 23.6 Å². The Morgan fingerprint density at radius 2 is 1.34 bits per heavy atom. The molecule has 14 nitrogen and oxygen atoms in total. The van der Waals surface area contributed by atoms with Gasteiger partial charge < -0.3 is 43.6 Å². The first-order chi connectivity index (χ1) is 17.8. The highest BCUT2D eigenvalue weighted by molar-refractivity contribution is 7.80. The van der Waals surface area contributed by atoms with Crippen molar-refractivity contribution in [2.24, 2.45) is 34.0 Å². The van der Waals surface area contributed by atoms with Crippen LogP contribution in [-0.2, 0) is 24.0 Å². The van der Waals surface area contributed by atoms with Gasteiger partial charge in [-0.25, -0.2) is 4.79 Å². The van der Waals surface area contributed by atoms with Gasteiger partial charge in [0.15, 0.2) is 5.96 Å². The average Bonchev–Trinajstić information content (AvgIpc) is 2.88. The van der Waals surface area contributed by atoms with Crippen LogP contribution >= 0.6 is 12.6 Å². The summed E-state index contributed by atoms with van der Waals surface area (Å²) >= 11 is 3.95. The molecule has 38 heavy (non-hydrogen) atoms. The van der Waals surface area contributed by atoms with E-state index < -0.39 is 53.8 Å². The number of hydrogen-bond donors (Lipinski definition) is 9. The topological polar surface area (TPSA) is 244 Å². The number of carboxylic acid groups (broad SMARTS) is 1. The molecule has 4 amide bonds. The van der Waals surface area contributed by atoms with Crippen molar-refractivity contribution in [1.29, 1.82) is 0 Å². The number of hydrogen-bond acceptors (Lipinski definition) is 8. The lowest BCUT2D eigenvalue weighted by Crippen LogP contribution is -2.60. The zero-order valence-corrected chi connectivity index (χ0v) is 23.4. The van der Waals surface area contributed by atoms with Crippen molar-refractivity contribution in [2.45, 2.75) is 77.5 Å². The van der Waals surface area contributed by atoms with E-state index >= 15 is 0 Å². The number of nitrogens with zero attached hydrogens (tertiary/aromatic N) is 1. The molecule has 0 aromatic carbocycles. The van der Waals surface area contributed by atoms with Crippen LogP contribution in [0.5, 0.6) is 0 Å². The summed E-state index contributed by atoms with van der Waals surface area (Å²) in [7, 11) is 0. The molecule has 0 rings (SSSR count). The van der Waals surface area contributed by atoms with Crippen molar-refractivity contribution in [3.8, 4) is 0 Å². The summed E-state index contributed by atoms with van der Waals surface area (Å²) in [6.07, 6.45) is 1.58. The zero-order chi connectivity index (χ0) is 29.4. The molecule has 0 heterocycles. The fourth-order valence-electron chi connectivity index (χ4n) is 3.37. The van der Waals surface area contributed by atoms with Crippen LogP contribution in [0.3, 0.4) is 0 Å². The monoisotopic (exact) mass is 560 g/mol. The van der Waals surface area contributed by atoms with Crippen molar-refractivity contribution in [3.05, 3.63) is 0 Å². The molecule has 0 unspecified atom stereocenters. The van der Waals surface area contributed by atoms with E-state index in [1.54, 1.807) is 13.8 Å². The lowest BCUT2D eigenvalue weighted by Gasteiger charge is -2.30. The van der Waals surface area contributed by atoms with Gasteiger partial charge >= 0.3 is 5.97 Å². The van der Waals surface area contributed by atoms with E-state index in [2.05, 4.69) is 38.9 Å². The quantitative estimate of drug-likeness (QED) is 0.0390. The van der Waals surface area contributed by atoms with E-state index in [1.807, 2.05) is 13.8 Å². The summed E-state index contributed by atoms with van der Waals surface area (Å²) in [4.78, 5) is 66.5. The summed E-state index contributed by atoms with van der Waals surface area (Å²) in [6, 6.07) is -4.32. The van der Waals surface area contributed by atoms with Crippen LogP contribution in [0.2, 0.25) is 0 Å². The highest BCUT2D eigenvalue weighted by Gasteiger charge is 2.34. The first kappa shape index (κ1) is 34.9. The van der Waals surface area contributed by atoms with Gasteiger partial charge in [-0.05, 0) is 24.7 Å². The maximum Gasteiger partial charge on any atom is 0.327 e. The molecule has 0 saturated heterocycles. The van der Waals surface area contributed by atoms with Crippen LogP contribution in [-0.4, -0.2) is 83.7 Å². The number of nitrogens with one attached hydrogen (secondary N) is 4. The molecule has 0 aliphatic rings. The molecular weight excluding hydrogens is 516 g/mol. The number of rotatable bonds is 18. The Bertz CT molecular complexity index is 839. The summed E-state index contributed by atoms with van der Waals surface area (Å²) in [6.45, 7) is 7.06. The number of carbonyl (C=O) groups is 5. The fraction of sp³-hybridized carbons (Fsp3) is 0.739. The second-order valence-corrected chi connectivity index (χ2v) is 9.46. The summed E-state index contributed by atoms with van der Waals surface area (Å²) in [5.74, 6) is -4.61. The molecule has 0 fully saturated rings. The fourth-order valence-corrected chi connectivity index (χ4v) is 3.62. The number of aliphatic imine (C=N–C) groups is 1. The number of aliphatic carboxylic acids is 1. The predicted octanol–water partition coefficient (Wildman–Crippen LogP) is -1.96. The van der Waals surface area contributed by atoms with Crippen molar-refractivity contribution >= 4 is 48.2 Å². The predicted molar refractivity (Wildman–Crippen MR) is 147 cm³/mol. The zero-order valence-electron chi connectivity index (χ0n) is 22.5. The first-order valence-corrected chi connectivity index (χ1v) is 13.2. The third-order valence-electron chi connectivity index (χ3n) is 6.17. The molecule has 218 valence electrons. The second kappa shape index (κ2) is 18.2. The molecule has 0 radical (unpaired) electrons. The Morgan fingerprint density at radius 1 is 0.842 bits per heavy atom. The number of guanidine groups is 1. The van der Waals surface area contributed by atoms with E-state index in [0.717, 1.165) is 0 Å². The maximum absolute atomic E-state index is 13.3. The lowest BCUT2D eigenvalue weighted by atomic mass is 9.94. The Kier molecular flexibility index (Phi) is 16.8. The largest absolute Gasteiger partial charge is 0.480 e. The van der Waals surface area contributed by atoms with Crippen molar-refractivity contribution in [2.75, 3.05) is 18.8 Å². The van der Waals surface area contributed by atoms with Crippen LogP contribution in [0.15, 0.2) is 4.99 Å². The highest BCUT2D eigenvalue weighted by Crippen LogP contribution is 2.13. The number of carboxylic acids is 1. The molecular formula is C23H44N8O6S. The van der Waals surface area contributed by atoms with Gasteiger partial charge in [-0.15, -0.1) is 0 Å². The maximum atomic E-state index is 13.3. The average molecular weight is 561 g/mol. The molecule has 0 aromatic heterocycles. The molecule has 11 N–H and O–H groups in total. The van der Waals surface area contributed by atoms with Crippen LogP contribution in [0.4, 0.5) is 0 Å². The number of carbonyl (C=O) groups excluding carboxylic acids is 4. The van der Waals surface area contributed by atoms with E-state index in [-0.39, 0.29) is 43.1 Å². The smallest absolute Gasteiger partial charge is 0.327 e. The van der Waals surface area contributed by atoms with Gasteiger partial charge in [-0.2, -0.15) is 12.6 Å². The number of nitrogens with two attached hydrogens (primary N) is 3. The number of amides is 4. The van der Waals surface area contributed by atoms with Crippen molar-refractivity contribution < 1.29 is 29.1 Å². The molecule has 0 aliphatic heterocycles. The van der Waals surface area contributed by atoms with E-state index in [1.165, 1.54) is 0 Å². The Morgan fingerprint density at radius 3 is 1.76 bits per heavy atom. The standard InChI is InChI=1S/C23H44N8O6S/c1-5-12(3)17(20(34)29-15(11-38)22(36)37)31-21(35)18(13(4)6-2)30-19(33)14(28-16(32)10-24)8-7-9-27-23(25)26/h12-15,17-18,38H,5-11,24H2,1-4H3,(H,28,32)(H,29,34)(H,30,33)(H,31,35)(H,36,37)(H4,25,26,27)/t12-,13-,14-,15-,17-,18-/m0/s1. The van der Waals surface area contributed by atoms with E-state index in [9.17, 15) is 29.1 Å². The Hall–Kier alpha value is -3.07. The van der Waals surface area contributed by atoms with Gasteiger partial charge in [-0.3, -0.25) is 24.2 Å². The second-order valence-electron chi connectivity index (χ2n) is 9.10. The highest BCUT2D eigenvalue weighted by atomic mass is 32.1.